The number of hydrogen-bond acceptors (Lipinski definition) is 1. The van der Waals surface area contributed by atoms with Crippen molar-refractivity contribution in [3.8, 4) is 5.69 Å². The van der Waals surface area contributed by atoms with Gasteiger partial charge in [0, 0.05) is 5.92 Å². The van der Waals surface area contributed by atoms with Crippen molar-refractivity contribution in [3.63, 3.8) is 0 Å². The van der Waals surface area contributed by atoms with E-state index in [4.69, 9.17) is 0 Å². The largest absolute Gasteiger partial charge is 0.232 e. The Morgan fingerprint density at radius 1 is 1.62 bits per heavy atom. The highest BCUT2D eigenvalue weighted by atomic mass is 15.4. The Kier molecular flexibility index (Phi) is 0.299. The zero-order chi connectivity index (χ0) is 5.14. The maximum absolute atomic E-state index is 4.02. The van der Waals surface area contributed by atoms with Crippen LogP contribution in [-0.4, -0.2) is 9.78 Å². The van der Waals surface area contributed by atoms with Gasteiger partial charge >= 0.3 is 0 Å². The third-order valence-corrected chi connectivity index (χ3v) is 1.93. The zero-order valence-electron chi connectivity index (χ0n) is 4.46. The molecule has 1 aliphatic carbocycles. The van der Waals surface area contributed by atoms with Crippen LogP contribution in [0, 0.1) is 0 Å². The summed E-state index contributed by atoms with van der Waals surface area (Å²) in [6.45, 7) is 0. The molecule has 0 aromatic heterocycles. The maximum Gasteiger partial charge on any atom is 0.107 e. The lowest BCUT2D eigenvalue weighted by atomic mass is 10.4. The van der Waals surface area contributed by atoms with Gasteiger partial charge in [0.15, 0.2) is 0 Å². The van der Waals surface area contributed by atoms with Crippen LogP contribution < -0.4 is 0 Å². The lowest BCUT2D eigenvalue weighted by molar-refractivity contribution is 0.877. The molecule has 1 fully saturated rings. The second-order valence-electron chi connectivity index (χ2n) is 2.60. The summed E-state index contributed by atoms with van der Waals surface area (Å²) in [6.07, 6.45) is 4.76. The van der Waals surface area contributed by atoms with Gasteiger partial charge in [0.1, 0.15) is 5.69 Å². The van der Waals surface area contributed by atoms with E-state index in [1.54, 1.807) is 0 Å². The lowest BCUT2D eigenvalue weighted by Crippen LogP contribution is -1.84. The molecule has 2 aliphatic heterocycles. The van der Waals surface area contributed by atoms with Gasteiger partial charge in [-0.2, -0.15) is 5.10 Å². The molecule has 0 atom stereocenters. The van der Waals surface area contributed by atoms with Crippen molar-refractivity contribution in [1.29, 1.82) is 0 Å². The van der Waals surface area contributed by atoms with Crippen molar-refractivity contribution < 1.29 is 0 Å². The van der Waals surface area contributed by atoms with Crippen LogP contribution in [0.3, 0.4) is 0 Å². The SMILES string of the molecule is c1nn2c(C3CC3)c1-2. The summed E-state index contributed by atoms with van der Waals surface area (Å²) in [6, 6.07) is 0. The van der Waals surface area contributed by atoms with Gasteiger partial charge in [-0.05, 0) is 12.8 Å². The van der Waals surface area contributed by atoms with E-state index in [-0.39, 0.29) is 0 Å². The molecule has 2 heterocycles. The van der Waals surface area contributed by atoms with Crippen LogP contribution in [0.15, 0.2) is 6.20 Å². The summed E-state index contributed by atoms with van der Waals surface area (Å²) >= 11 is 0. The summed E-state index contributed by atoms with van der Waals surface area (Å²) in [7, 11) is 0. The predicted octanol–water partition coefficient (Wildman–Crippen LogP) is 1.06. The van der Waals surface area contributed by atoms with E-state index in [2.05, 4.69) is 9.78 Å². The van der Waals surface area contributed by atoms with Crippen LogP contribution in [0.1, 0.15) is 24.5 Å². The average Bonchev–Trinajstić information content (AvgIpc) is 2.43. The van der Waals surface area contributed by atoms with E-state index < -0.39 is 0 Å². The highest BCUT2D eigenvalue weighted by Gasteiger charge is 2.39. The molecule has 0 N–H and O–H groups in total. The first-order valence-electron chi connectivity index (χ1n) is 3.05. The van der Waals surface area contributed by atoms with Crippen LogP contribution >= 0.6 is 0 Å². The van der Waals surface area contributed by atoms with Crippen molar-refractivity contribution in [2.75, 3.05) is 0 Å². The smallest absolute Gasteiger partial charge is 0.107 e. The summed E-state index contributed by atoms with van der Waals surface area (Å²) in [4.78, 5) is 0. The van der Waals surface area contributed by atoms with Gasteiger partial charge in [0.25, 0.3) is 0 Å². The molecule has 0 unspecified atom stereocenters. The Bertz CT molecular complexity index is 226. The van der Waals surface area contributed by atoms with E-state index >= 15 is 0 Å². The molecule has 0 amide bonds. The Morgan fingerprint density at radius 2 is 2.38 bits per heavy atom. The van der Waals surface area contributed by atoms with E-state index in [0.29, 0.717) is 0 Å². The first kappa shape index (κ1) is 3.28. The third kappa shape index (κ3) is 0.205. The van der Waals surface area contributed by atoms with Gasteiger partial charge < -0.3 is 0 Å². The molecule has 40 valence electrons. The van der Waals surface area contributed by atoms with Gasteiger partial charge in [-0.3, -0.25) is 0 Å². The van der Waals surface area contributed by atoms with Crippen molar-refractivity contribution in [2.45, 2.75) is 18.8 Å². The summed E-state index contributed by atoms with van der Waals surface area (Å²) in [5, 5.41) is 4.02. The van der Waals surface area contributed by atoms with Crippen molar-refractivity contribution in [1.82, 2.24) is 9.78 Å². The standard InChI is InChI=1S/C6H6N2/c1-2-4(1)6-5-3-7-8(5)6/h3-4H,1-2H2. The molecule has 3 rings (SSSR count). The molecule has 2 heteroatoms. The first-order chi connectivity index (χ1) is 3.97. The van der Waals surface area contributed by atoms with Gasteiger partial charge in [-0.15, -0.1) is 0 Å². The zero-order valence-corrected chi connectivity index (χ0v) is 4.46. The number of rotatable bonds is 1. The van der Waals surface area contributed by atoms with Crippen LogP contribution in [0.2, 0.25) is 0 Å². The summed E-state index contributed by atoms with van der Waals surface area (Å²) in [5.74, 6) is 0.910. The molecule has 3 aliphatic rings. The third-order valence-electron chi connectivity index (χ3n) is 1.93. The van der Waals surface area contributed by atoms with Crippen molar-refractivity contribution >= 4 is 0 Å². The minimum absolute atomic E-state index is 0.910. The highest BCUT2D eigenvalue weighted by molar-refractivity contribution is 5.54. The molecule has 1 saturated carbocycles. The number of nitrogens with zero attached hydrogens (tertiary/aromatic N) is 2. The lowest BCUT2D eigenvalue weighted by Gasteiger charge is -1.81. The number of aromatic nitrogens is 2. The molecular formula is C6H6N2. The summed E-state index contributed by atoms with van der Waals surface area (Å²) in [5.41, 5.74) is 2.93. The second kappa shape index (κ2) is 0.729. The minimum Gasteiger partial charge on any atom is -0.232 e. The molecule has 0 bridgehead atoms. The van der Waals surface area contributed by atoms with Crippen LogP contribution in [0.25, 0.3) is 5.69 Å². The average molecular weight is 106 g/mol. The van der Waals surface area contributed by atoms with Crippen molar-refractivity contribution in [2.24, 2.45) is 0 Å². The molecule has 0 radical (unpaired) electrons. The minimum atomic E-state index is 0.910. The fraction of sp³-hybridized carbons (Fsp3) is 0.500. The van der Waals surface area contributed by atoms with E-state index in [9.17, 15) is 0 Å². The molecule has 0 aromatic carbocycles. The van der Waals surface area contributed by atoms with Gasteiger partial charge in [-0.1, -0.05) is 0 Å². The van der Waals surface area contributed by atoms with E-state index in [1.807, 2.05) is 6.20 Å². The van der Waals surface area contributed by atoms with Crippen LogP contribution in [0.4, 0.5) is 0 Å². The van der Waals surface area contributed by atoms with Crippen LogP contribution in [-0.2, 0) is 0 Å². The molecule has 0 saturated heterocycles. The van der Waals surface area contributed by atoms with Crippen molar-refractivity contribution in [3.05, 3.63) is 11.9 Å². The normalized spacial score (nSPS) is 21.5. The van der Waals surface area contributed by atoms with Crippen LogP contribution in [0.5, 0.6) is 0 Å². The molecule has 2 nitrogen and oxygen atoms in total. The van der Waals surface area contributed by atoms with E-state index in [1.165, 1.54) is 24.2 Å². The molecule has 8 heavy (non-hydrogen) atoms. The van der Waals surface area contributed by atoms with Gasteiger partial charge in [0.2, 0.25) is 0 Å². The Labute approximate surface area is 47.1 Å². The summed E-state index contributed by atoms with van der Waals surface area (Å²) < 4.78 is 2.05. The number of fused-ring (bicyclic) bond motifs is 1. The molecular weight excluding hydrogens is 100 g/mol. The monoisotopic (exact) mass is 106 g/mol. The fourth-order valence-corrected chi connectivity index (χ4v) is 1.22. The van der Waals surface area contributed by atoms with E-state index in [0.717, 1.165) is 5.92 Å². The first-order valence-corrected chi connectivity index (χ1v) is 3.05. The maximum atomic E-state index is 4.02. The highest BCUT2D eigenvalue weighted by Crippen LogP contribution is 2.49. The quantitative estimate of drug-likeness (QED) is 0.531. The molecule has 0 spiro atoms. The second-order valence-corrected chi connectivity index (χ2v) is 2.60. The number of hydrogen-bond donors (Lipinski definition) is 0. The fourth-order valence-electron chi connectivity index (χ4n) is 1.22. The van der Waals surface area contributed by atoms with Gasteiger partial charge in [0.05, 0.1) is 11.9 Å². The Morgan fingerprint density at radius 3 is 2.75 bits per heavy atom. The van der Waals surface area contributed by atoms with Gasteiger partial charge in [-0.25, -0.2) is 4.68 Å². The Hall–Kier alpha value is -0.790. The predicted molar refractivity (Wildman–Crippen MR) is 29.1 cm³/mol. The Balaban J connectivity index is 2.15. The topological polar surface area (TPSA) is 17.8 Å². The molecule has 0 aromatic rings.